The lowest BCUT2D eigenvalue weighted by atomic mass is 10.1. The van der Waals surface area contributed by atoms with Crippen LogP contribution in [0.3, 0.4) is 0 Å². The van der Waals surface area contributed by atoms with Gasteiger partial charge in [-0.25, -0.2) is 8.42 Å². The molecule has 1 aliphatic heterocycles. The Kier molecular flexibility index (Phi) is 6.41. The summed E-state index contributed by atoms with van der Waals surface area (Å²) in [6.07, 6.45) is 2.81. The molecule has 1 atom stereocenters. The summed E-state index contributed by atoms with van der Waals surface area (Å²) in [5.74, 6) is 1.51. The van der Waals surface area contributed by atoms with E-state index in [0.717, 1.165) is 30.6 Å². The smallest absolute Gasteiger partial charge is 0.207 e. The number of aryl methyl sites for hydroxylation is 1. The topological polar surface area (TPSA) is 37.4 Å². The molecular formula is C15H22ClNO2S2. The molecule has 2 rings (SSSR count). The van der Waals surface area contributed by atoms with Crippen molar-refractivity contribution in [2.45, 2.75) is 36.3 Å². The van der Waals surface area contributed by atoms with Gasteiger partial charge >= 0.3 is 0 Å². The van der Waals surface area contributed by atoms with Crippen molar-refractivity contribution in [3.63, 3.8) is 0 Å². The predicted molar refractivity (Wildman–Crippen MR) is 90.8 cm³/mol. The zero-order valence-electron chi connectivity index (χ0n) is 12.3. The molecule has 1 heterocycles. The van der Waals surface area contributed by atoms with E-state index < -0.39 is 10.0 Å². The van der Waals surface area contributed by atoms with Gasteiger partial charge in [0, 0.05) is 30.0 Å². The van der Waals surface area contributed by atoms with Crippen LogP contribution in [0.15, 0.2) is 29.2 Å². The highest BCUT2D eigenvalue weighted by Gasteiger charge is 2.29. The Labute approximate surface area is 137 Å². The number of sulfonamides is 1. The summed E-state index contributed by atoms with van der Waals surface area (Å²) in [5.41, 5.74) is 1.13. The van der Waals surface area contributed by atoms with E-state index in [2.05, 4.69) is 6.92 Å². The Balaban J connectivity index is 2.11. The Hall–Kier alpha value is -0.230. The average Bonchev–Trinajstić information content (AvgIpc) is 2.53. The van der Waals surface area contributed by atoms with Crippen LogP contribution in [0.4, 0.5) is 0 Å². The van der Waals surface area contributed by atoms with Gasteiger partial charge in [-0.3, -0.25) is 0 Å². The Morgan fingerprint density at radius 1 is 1.33 bits per heavy atom. The van der Waals surface area contributed by atoms with E-state index in [1.807, 2.05) is 23.9 Å². The molecule has 3 nitrogen and oxygen atoms in total. The van der Waals surface area contributed by atoms with Crippen molar-refractivity contribution in [1.29, 1.82) is 0 Å². The molecule has 1 saturated heterocycles. The number of thioether (sulfide) groups is 1. The third-order valence-electron chi connectivity index (χ3n) is 3.72. The van der Waals surface area contributed by atoms with Gasteiger partial charge in [-0.05, 0) is 37.0 Å². The fraction of sp³-hybridized carbons (Fsp3) is 0.600. The molecule has 21 heavy (non-hydrogen) atoms. The molecule has 1 unspecified atom stereocenters. The summed E-state index contributed by atoms with van der Waals surface area (Å²) in [7, 11) is -3.35. The minimum absolute atomic E-state index is 0.402. The average molecular weight is 348 g/mol. The van der Waals surface area contributed by atoms with E-state index in [-0.39, 0.29) is 0 Å². The first kappa shape index (κ1) is 17.1. The molecule has 6 heteroatoms. The van der Waals surface area contributed by atoms with Gasteiger partial charge in [0.05, 0.1) is 4.90 Å². The third kappa shape index (κ3) is 4.38. The molecule has 0 aliphatic carbocycles. The quantitative estimate of drug-likeness (QED) is 0.740. The molecule has 0 amide bonds. The van der Waals surface area contributed by atoms with Crippen LogP contribution < -0.4 is 0 Å². The number of hydrogen-bond acceptors (Lipinski definition) is 3. The number of rotatable bonds is 6. The van der Waals surface area contributed by atoms with Gasteiger partial charge in [0.2, 0.25) is 10.0 Å². The molecule has 0 N–H and O–H groups in total. The first-order valence-electron chi connectivity index (χ1n) is 7.34. The normalized spacial score (nSPS) is 20.6. The molecule has 0 saturated carbocycles. The summed E-state index contributed by atoms with van der Waals surface area (Å²) in [6, 6.07) is 7.24. The van der Waals surface area contributed by atoms with Gasteiger partial charge in [0.1, 0.15) is 0 Å². The molecule has 1 aromatic rings. The van der Waals surface area contributed by atoms with Gasteiger partial charge in [0.15, 0.2) is 0 Å². The summed E-state index contributed by atoms with van der Waals surface area (Å²) in [4.78, 5) is 0.402. The maximum atomic E-state index is 12.7. The Morgan fingerprint density at radius 2 is 2.05 bits per heavy atom. The van der Waals surface area contributed by atoms with Crippen LogP contribution in [0.25, 0.3) is 0 Å². The van der Waals surface area contributed by atoms with E-state index in [0.29, 0.717) is 29.1 Å². The van der Waals surface area contributed by atoms with E-state index in [1.165, 1.54) is 0 Å². The standard InChI is InChI=1S/C15H22ClNO2S2/c1-2-14-12-17(10-11-20-14)21(18,19)15-7-5-13(6-8-15)4-3-9-16/h5-8,14H,2-4,9-12H2,1H3. The van der Waals surface area contributed by atoms with Gasteiger partial charge in [-0.2, -0.15) is 16.1 Å². The zero-order valence-corrected chi connectivity index (χ0v) is 14.7. The first-order valence-corrected chi connectivity index (χ1v) is 10.4. The molecule has 1 fully saturated rings. The summed E-state index contributed by atoms with van der Waals surface area (Å²) in [6.45, 7) is 3.34. The van der Waals surface area contributed by atoms with Crippen molar-refractivity contribution < 1.29 is 8.42 Å². The molecule has 118 valence electrons. The van der Waals surface area contributed by atoms with Crippen LogP contribution in [0, 0.1) is 0 Å². The Bertz CT molecular complexity index is 545. The number of halogens is 1. The predicted octanol–water partition coefficient (Wildman–Crippen LogP) is 3.37. The minimum Gasteiger partial charge on any atom is -0.207 e. The number of alkyl halides is 1. The molecule has 1 aromatic carbocycles. The first-order chi connectivity index (χ1) is 10.1. The van der Waals surface area contributed by atoms with E-state index in [1.54, 1.807) is 16.4 Å². The lowest BCUT2D eigenvalue weighted by Crippen LogP contribution is -2.41. The largest absolute Gasteiger partial charge is 0.243 e. The van der Waals surface area contributed by atoms with Crippen LogP contribution >= 0.6 is 23.4 Å². The fourth-order valence-electron chi connectivity index (χ4n) is 2.41. The van der Waals surface area contributed by atoms with Crippen molar-refractivity contribution in [2.24, 2.45) is 0 Å². The number of nitrogens with zero attached hydrogens (tertiary/aromatic N) is 1. The van der Waals surface area contributed by atoms with Crippen LogP contribution in [-0.4, -0.2) is 42.7 Å². The Morgan fingerprint density at radius 3 is 2.67 bits per heavy atom. The van der Waals surface area contributed by atoms with Crippen LogP contribution in [0.5, 0.6) is 0 Å². The summed E-state index contributed by atoms with van der Waals surface area (Å²) >= 11 is 7.55. The lowest BCUT2D eigenvalue weighted by Gasteiger charge is -2.31. The van der Waals surface area contributed by atoms with Crippen LogP contribution in [0.2, 0.25) is 0 Å². The molecule has 0 radical (unpaired) electrons. The second-order valence-electron chi connectivity index (χ2n) is 5.20. The number of benzene rings is 1. The van der Waals surface area contributed by atoms with Gasteiger partial charge in [-0.15, -0.1) is 11.6 Å². The van der Waals surface area contributed by atoms with E-state index >= 15 is 0 Å². The van der Waals surface area contributed by atoms with E-state index in [9.17, 15) is 8.42 Å². The summed E-state index contributed by atoms with van der Waals surface area (Å²) in [5, 5.41) is 0.413. The SMILES string of the molecule is CCC1CN(S(=O)(=O)c2ccc(CCCCl)cc2)CCS1. The van der Waals surface area contributed by atoms with Crippen LogP contribution in [-0.2, 0) is 16.4 Å². The fourth-order valence-corrected chi connectivity index (χ4v) is 5.42. The summed E-state index contributed by atoms with van der Waals surface area (Å²) < 4.78 is 27.0. The van der Waals surface area contributed by atoms with Crippen molar-refractivity contribution in [2.75, 3.05) is 24.7 Å². The monoisotopic (exact) mass is 347 g/mol. The number of hydrogen-bond donors (Lipinski definition) is 0. The molecule has 1 aliphatic rings. The molecule has 0 bridgehead atoms. The lowest BCUT2D eigenvalue weighted by molar-refractivity contribution is 0.416. The van der Waals surface area contributed by atoms with Crippen LogP contribution in [0.1, 0.15) is 25.3 Å². The zero-order chi connectivity index (χ0) is 15.3. The maximum absolute atomic E-state index is 12.7. The highest BCUT2D eigenvalue weighted by molar-refractivity contribution is 8.00. The molecular weight excluding hydrogens is 326 g/mol. The van der Waals surface area contributed by atoms with Crippen molar-refractivity contribution in [1.82, 2.24) is 4.31 Å². The molecule has 0 spiro atoms. The van der Waals surface area contributed by atoms with Gasteiger partial charge in [0.25, 0.3) is 0 Å². The van der Waals surface area contributed by atoms with Crippen molar-refractivity contribution >= 4 is 33.4 Å². The molecule has 0 aromatic heterocycles. The van der Waals surface area contributed by atoms with Crippen molar-refractivity contribution in [3.8, 4) is 0 Å². The van der Waals surface area contributed by atoms with Gasteiger partial charge < -0.3 is 0 Å². The van der Waals surface area contributed by atoms with Gasteiger partial charge in [-0.1, -0.05) is 19.1 Å². The van der Waals surface area contributed by atoms with E-state index in [4.69, 9.17) is 11.6 Å². The second kappa shape index (κ2) is 7.86. The highest BCUT2D eigenvalue weighted by atomic mass is 35.5. The third-order valence-corrected chi connectivity index (χ3v) is 7.24. The van der Waals surface area contributed by atoms with Crippen molar-refractivity contribution in [3.05, 3.63) is 29.8 Å². The second-order valence-corrected chi connectivity index (χ2v) is 8.92. The minimum atomic E-state index is -3.35. The highest BCUT2D eigenvalue weighted by Crippen LogP contribution is 2.26. The maximum Gasteiger partial charge on any atom is 0.243 e.